The number of hydrogen-bond acceptors (Lipinski definition) is 5. The van der Waals surface area contributed by atoms with Crippen molar-refractivity contribution in [2.24, 2.45) is 0 Å². The van der Waals surface area contributed by atoms with Crippen LogP contribution in [-0.4, -0.2) is 38.0 Å². The maximum atomic E-state index is 13.6. The fourth-order valence-electron chi connectivity index (χ4n) is 5.57. The zero-order valence-corrected chi connectivity index (χ0v) is 27.3. The first-order chi connectivity index (χ1) is 23.1. The average Bonchev–Trinajstić information content (AvgIpc) is 3.07. The third kappa shape index (κ3) is 8.89. The summed E-state index contributed by atoms with van der Waals surface area (Å²) in [4.78, 5) is 36.8. The van der Waals surface area contributed by atoms with Crippen molar-refractivity contribution in [3.63, 3.8) is 0 Å². The van der Waals surface area contributed by atoms with E-state index in [0.717, 1.165) is 36.0 Å². The number of sulfonamides is 1. The number of para-hydroxylation sites is 1. The Morgan fingerprint density at radius 2 is 1.56 bits per heavy atom. The van der Waals surface area contributed by atoms with Gasteiger partial charge in [0.1, 0.15) is 4.90 Å². The summed E-state index contributed by atoms with van der Waals surface area (Å²) in [5, 5.41) is 17.1. The fraction of sp³-hybridized carbons (Fsp3) is 0.216. The molecule has 1 aliphatic rings. The lowest BCUT2D eigenvalue weighted by molar-refractivity contribution is -0.136. The van der Waals surface area contributed by atoms with E-state index < -0.39 is 34.0 Å². The molecule has 0 bridgehead atoms. The SMILES string of the molecule is Cc1cccc(NS(=O)(=O)c2ccccc2NC(=O)NC(c2ccc(C(=O)NCCC(=O)O)cc2)c2ccc(C3=CCCCC3)cc2)c1. The smallest absolute Gasteiger partial charge is 0.320 e. The lowest BCUT2D eigenvalue weighted by Crippen LogP contribution is -2.34. The van der Waals surface area contributed by atoms with Crippen LogP contribution >= 0.6 is 0 Å². The summed E-state index contributed by atoms with van der Waals surface area (Å²) in [5.41, 5.74) is 5.61. The number of carboxylic acids is 1. The lowest BCUT2D eigenvalue weighted by Gasteiger charge is -2.22. The van der Waals surface area contributed by atoms with Gasteiger partial charge in [-0.2, -0.15) is 0 Å². The first-order valence-corrected chi connectivity index (χ1v) is 17.2. The largest absolute Gasteiger partial charge is 0.481 e. The van der Waals surface area contributed by atoms with Crippen LogP contribution in [0.15, 0.2) is 108 Å². The predicted molar refractivity (Wildman–Crippen MR) is 186 cm³/mol. The Morgan fingerprint density at radius 3 is 2.23 bits per heavy atom. The van der Waals surface area contributed by atoms with Crippen LogP contribution in [0, 0.1) is 6.92 Å². The molecular weight excluding hydrogens is 628 g/mol. The molecule has 0 saturated carbocycles. The molecule has 1 atom stereocenters. The normalized spacial score (nSPS) is 13.5. The summed E-state index contributed by atoms with van der Waals surface area (Å²) in [6.45, 7) is 1.86. The van der Waals surface area contributed by atoms with Gasteiger partial charge in [-0.05, 0) is 96.8 Å². The molecule has 4 aromatic carbocycles. The Hall–Kier alpha value is -5.42. The van der Waals surface area contributed by atoms with Crippen molar-refractivity contribution < 1.29 is 27.9 Å². The van der Waals surface area contributed by atoms with Gasteiger partial charge in [-0.25, -0.2) is 13.2 Å². The van der Waals surface area contributed by atoms with Gasteiger partial charge in [0.05, 0.1) is 18.2 Å². The average molecular weight is 667 g/mol. The van der Waals surface area contributed by atoms with Crippen molar-refractivity contribution in [3.05, 3.63) is 131 Å². The van der Waals surface area contributed by atoms with E-state index in [9.17, 15) is 22.8 Å². The monoisotopic (exact) mass is 666 g/mol. The van der Waals surface area contributed by atoms with E-state index in [1.165, 1.54) is 24.1 Å². The Bertz CT molecular complexity index is 1920. The summed E-state index contributed by atoms with van der Waals surface area (Å²) in [6, 6.07) is 26.5. The lowest BCUT2D eigenvalue weighted by atomic mass is 9.91. The Morgan fingerprint density at radius 1 is 0.854 bits per heavy atom. The second-order valence-corrected chi connectivity index (χ2v) is 13.3. The number of amides is 3. The Balaban J connectivity index is 1.39. The van der Waals surface area contributed by atoms with E-state index in [0.29, 0.717) is 16.8 Å². The topological polar surface area (TPSA) is 154 Å². The molecule has 1 unspecified atom stereocenters. The Kier molecular flexibility index (Phi) is 10.9. The van der Waals surface area contributed by atoms with E-state index in [1.54, 1.807) is 54.6 Å². The maximum Gasteiger partial charge on any atom is 0.320 e. The standard InChI is InChI=1S/C37H38N4O6S/c1-25-8-7-11-31(24-25)41-48(46,47)33-13-6-5-12-32(33)39-37(45)40-35(28-16-14-27(15-17-28)26-9-3-2-4-10-26)29-18-20-30(21-19-29)36(44)38-23-22-34(42)43/h5-9,11-21,24,35,41H,2-4,10,22-23H2,1H3,(H,38,44)(H,42,43)(H2,39,40,45). The van der Waals surface area contributed by atoms with Gasteiger partial charge in [-0.1, -0.05) is 66.7 Å². The molecule has 0 aromatic heterocycles. The number of carbonyl (C=O) groups is 3. The minimum absolute atomic E-state index is 0.000751. The van der Waals surface area contributed by atoms with E-state index >= 15 is 0 Å². The number of urea groups is 1. The highest BCUT2D eigenvalue weighted by Gasteiger charge is 2.23. The second-order valence-electron chi connectivity index (χ2n) is 11.6. The number of aliphatic carboxylic acids is 1. The molecule has 0 fully saturated rings. The van der Waals surface area contributed by atoms with Gasteiger partial charge in [-0.3, -0.25) is 14.3 Å². The molecule has 0 radical (unpaired) electrons. The van der Waals surface area contributed by atoms with Gasteiger partial charge in [0.15, 0.2) is 0 Å². The van der Waals surface area contributed by atoms with Crippen LogP contribution in [0.4, 0.5) is 16.2 Å². The van der Waals surface area contributed by atoms with Gasteiger partial charge < -0.3 is 21.1 Å². The van der Waals surface area contributed by atoms with Crippen LogP contribution < -0.4 is 20.7 Å². The van der Waals surface area contributed by atoms with Gasteiger partial charge >= 0.3 is 12.0 Å². The molecule has 0 spiro atoms. The van der Waals surface area contributed by atoms with Crippen molar-refractivity contribution in [2.45, 2.75) is 50.0 Å². The first kappa shape index (κ1) is 33.9. The molecule has 1 aliphatic carbocycles. The molecule has 11 heteroatoms. The highest BCUT2D eigenvalue weighted by atomic mass is 32.2. The predicted octanol–water partition coefficient (Wildman–Crippen LogP) is 6.87. The quantitative estimate of drug-likeness (QED) is 0.111. The van der Waals surface area contributed by atoms with E-state index in [4.69, 9.17) is 5.11 Å². The van der Waals surface area contributed by atoms with Crippen LogP contribution in [0.3, 0.4) is 0 Å². The van der Waals surface area contributed by atoms with E-state index in [2.05, 4.69) is 26.7 Å². The number of aryl methyl sites for hydroxylation is 1. The van der Waals surface area contributed by atoms with Gasteiger partial charge in [-0.15, -0.1) is 0 Å². The van der Waals surface area contributed by atoms with Gasteiger partial charge in [0, 0.05) is 17.8 Å². The third-order valence-corrected chi connectivity index (χ3v) is 9.45. The number of allylic oxidation sites excluding steroid dienone is 2. The third-order valence-electron chi connectivity index (χ3n) is 8.01. The van der Waals surface area contributed by atoms with Crippen molar-refractivity contribution >= 4 is 44.9 Å². The number of hydrogen-bond donors (Lipinski definition) is 5. The maximum absolute atomic E-state index is 13.6. The Labute approximate surface area is 280 Å². The van der Waals surface area contributed by atoms with Crippen LogP contribution in [0.5, 0.6) is 0 Å². The summed E-state index contributed by atoms with van der Waals surface area (Å²) in [6.07, 6.45) is 6.47. The zero-order valence-electron chi connectivity index (χ0n) is 26.5. The zero-order chi connectivity index (χ0) is 34.1. The molecule has 0 saturated heterocycles. The molecule has 10 nitrogen and oxygen atoms in total. The van der Waals surface area contributed by atoms with Gasteiger partial charge in [0.25, 0.3) is 15.9 Å². The van der Waals surface area contributed by atoms with Crippen molar-refractivity contribution in [2.75, 3.05) is 16.6 Å². The molecule has 3 amide bonds. The molecule has 248 valence electrons. The molecule has 5 rings (SSSR count). The molecule has 0 aliphatic heterocycles. The first-order valence-electron chi connectivity index (χ1n) is 15.7. The molecular formula is C37H38N4O6S. The van der Waals surface area contributed by atoms with Crippen LogP contribution in [-0.2, 0) is 14.8 Å². The van der Waals surface area contributed by atoms with E-state index in [-0.39, 0.29) is 23.5 Å². The van der Waals surface area contributed by atoms with Crippen molar-refractivity contribution in [1.82, 2.24) is 10.6 Å². The molecule has 5 N–H and O–H groups in total. The molecule has 4 aromatic rings. The van der Waals surface area contributed by atoms with Crippen LogP contribution in [0.1, 0.15) is 70.8 Å². The fourth-order valence-corrected chi connectivity index (χ4v) is 6.79. The molecule has 0 heterocycles. The van der Waals surface area contributed by atoms with Crippen molar-refractivity contribution in [3.8, 4) is 0 Å². The highest BCUT2D eigenvalue weighted by Crippen LogP contribution is 2.30. The second kappa shape index (κ2) is 15.4. The van der Waals surface area contributed by atoms with Crippen molar-refractivity contribution in [1.29, 1.82) is 0 Å². The van der Waals surface area contributed by atoms with Crippen LogP contribution in [0.2, 0.25) is 0 Å². The molecule has 48 heavy (non-hydrogen) atoms. The highest BCUT2D eigenvalue weighted by molar-refractivity contribution is 7.92. The van der Waals surface area contributed by atoms with Gasteiger partial charge in [0.2, 0.25) is 0 Å². The minimum atomic E-state index is -4.05. The summed E-state index contributed by atoms with van der Waals surface area (Å²) < 4.78 is 29.3. The number of carbonyl (C=O) groups excluding carboxylic acids is 2. The number of nitrogens with one attached hydrogen (secondary N) is 4. The number of benzene rings is 4. The summed E-state index contributed by atoms with van der Waals surface area (Å²) in [5.74, 6) is -1.42. The number of carboxylic acid groups (broad SMARTS) is 1. The summed E-state index contributed by atoms with van der Waals surface area (Å²) >= 11 is 0. The van der Waals surface area contributed by atoms with Crippen LogP contribution in [0.25, 0.3) is 5.57 Å². The number of rotatable bonds is 12. The van der Waals surface area contributed by atoms with E-state index in [1.807, 2.05) is 37.3 Å². The summed E-state index contributed by atoms with van der Waals surface area (Å²) in [7, 11) is -4.05. The number of anilines is 2. The minimum Gasteiger partial charge on any atom is -0.481 e.